The van der Waals surface area contributed by atoms with E-state index in [9.17, 15) is 14.4 Å². The van der Waals surface area contributed by atoms with Crippen LogP contribution in [0, 0.1) is 0 Å². The standard InChI is InChI=1S/C22H23BrN2O4/c1-25-14-4-2-6-16(26)21(14)20(22-15(25)5-3-7-17(22)27)13-10-12(23)8-9-18(13)29-11-19(24)28/h8-10,20H,2-7,11H2,1H3,(H2,24,28). The molecule has 2 aliphatic carbocycles. The Balaban J connectivity index is 1.94. The fourth-order valence-electron chi connectivity index (χ4n) is 4.69. The third-order valence-corrected chi connectivity index (χ3v) is 6.39. The van der Waals surface area contributed by atoms with Gasteiger partial charge in [0.05, 0.1) is 0 Å². The quantitative estimate of drug-likeness (QED) is 0.746. The Hall–Kier alpha value is -2.41. The first-order valence-electron chi connectivity index (χ1n) is 9.85. The van der Waals surface area contributed by atoms with E-state index >= 15 is 0 Å². The molecule has 1 amide bonds. The van der Waals surface area contributed by atoms with Crippen molar-refractivity contribution in [1.82, 2.24) is 4.90 Å². The van der Waals surface area contributed by atoms with Crippen molar-refractivity contribution in [3.63, 3.8) is 0 Å². The number of nitrogens with two attached hydrogens (primary N) is 1. The molecule has 0 atom stereocenters. The summed E-state index contributed by atoms with van der Waals surface area (Å²) in [5, 5.41) is 0. The summed E-state index contributed by atoms with van der Waals surface area (Å²) in [4.78, 5) is 39.5. The second kappa shape index (κ2) is 7.78. The van der Waals surface area contributed by atoms with Gasteiger partial charge in [-0.1, -0.05) is 15.9 Å². The van der Waals surface area contributed by atoms with Gasteiger partial charge < -0.3 is 15.4 Å². The number of Topliss-reactive ketones (excluding diaryl/α,β-unsaturated/α-hetero) is 2. The number of primary amides is 1. The number of carbonyl (C=O) groups excluding carboxylic acids is 3. The lowest BCUT2D eigenvalue weighted by atomic mass is 9.71. The molecule has 0 saturated heterocycles. The largest absolute Gasteiger partial charge is 0.483 e. The smallest absolute Gasteiger partial charge is 0.255 e. The molecular weight excluding hydrogens is 436 g/mol. The second-order valence-corrected chi connectivity index (χ2v) is 8.62. The molecule has 6 nitrogen and oxygen atoms in total. The van der Waals surface area contributed by atoms with Gasteiger partial charge in [0.25, 0.3) is 5.91 Å². The number of halogens is 1. The predicted octanol–water partition coefficient (Wildman–Crippen LogP) is 3.36. The summed E-state index contributed by atoms with van der Waals surface area (Å²) in [5.74, 6) is -0.429. The summed E-state index contributed by atoms with van der Waals surface area (Å²) in [6.45, 7) is -0.263. The van der Waals surface area contributed by atoms with Gasteiger partial charge in [0.15, 0.2) is 18.2 Å². The van der Waals surface area contributed by atoms with Crippen LogP contribution in [0.1, 0.15) is 50.0 Å². The van der Waals surface area contributed by atoms with Crippen LogP contribution in [-0.2, 0) is 14.4 Å². The number of ether oxygens (including phenoxy) is 1. The molecule has 1 aromatic rings. The first kappa shape index (κ1) is 19.9. The van der Waals surface area contributed by atoms with Crippen LogP contribution >= 0.6 is 15.9 Å². The highest BCUT2D eigenvalue weighted by Gasteiger charge is 2.43. The van der Waals surface area contributed by atoms with Crippen LogP contribution in [0.2, 0.25) is 0 Å². The van der Waals surface area contributed by atoms with Crippen LogP contribution in [0.5, 0.6) is 5.75 Å². The van der Waals surface area contributed by atoms with E-state index in [1.807, 2.05) is 19.2 Å². The van der Waals surface area contributed by atoms with Crippen LogP contribution in [0.15, 0.2) is 45.2 Å². The highest BCUT2D eigenvalue weighted by atomic mass is 79.9. The zero-order valence-electron chi connectivity index (χ0n) is 16.3. The Bertz CT molecular complexity index is 935. The van der Waals surface area contributed by atoms with Crippen LogP contribution in [0.3, 0.4) is 0 Å². The van der Waals surface area contributed by atoms with Crippen LogP contribution < -0.4 is 10.5 Å². The van der Waals surface area contributed by atoms with Crippen LogP contribution in [0.25, 0.3) is 0 Å². The zero-order valence-corrected chi connectivity index (χ0v) is 17.9. The van der Waals surface area contributed by atoms with E-state index in [0.717, 1.165) is 47.1 Å². The molecule has 7 heteroatoms. The summed E-state index contributed by atoms with van der Waals surface area (Å²) in [5.41, 5.74) is 9.37. The monoisotopic (exact) mass is 458 g/mol. The maximum atomic E-state index is 13.1. The van der Waals surface area contributed by atoms with E-state index in [1.54, 1.807) is 6.07 Å². The van der Waals surface area contributed by atoms with Gasteiger partial charge in [-0.15, -0.1) is 0 Å². The fourth-order valence-corrected chi connectivity index (χ4v) is 5.07. The number of hydrogen-bond acceptors (Lipinski definition) is 5. The average molecular weight is 459 g/mol. The number of hydrogen-bond donors (Lipinski definition) is 1. The van der Waals surface area contributed by atoms with Crippen molar-refractivity contribution in [2.24, 2.45) is 5.73 Å². The lowest BCUT2D eigenvalue weighted by Gasteiger charge is -2.42. The lowest BCUT2D eigenvalue weighted by Crippen LogP contribution is -2.37. The number of rotatable bonds is 4. The molecule has 0 unspecified atom stereocenters. The van der Waals surface area contributed by atoms with Crippen molar-refractivity contribution < 1.29 is 19.1 Å². The highest BCUT2D eigenvalue weighted by Crippen LogP contribution is 2.50. The van der Waals surface area contributed by atoms with Gasteiger partial charge in [-0.3, -0.25) is 14.4 Å². The Morgan fingerprint density at radius 3 is 2.24 bits per heavy atom. The number of allylic oxidation sites excluding steroid dienone is 4. The van der Waals surface area contributed by atoms with Crippen molar-refractivity contribution in [3.8, 4) is 5.75 Å². The normalized spacial score (nSPS) is 20.0. The third kappa shape index (κ3) is 3.52. The van der Waals surface area contributed by atoms with Crippen molar-refractivity contribution >= 4 is 33.4 Å². The fraction of sp³-hybridized carbons (Fsp3) is 0.409. The van der Waals surface area contributed by atoms with Crippen molar-refractivity contribution in [3.05, 3.63) is 50.8 Å². The topological polar surface area (TPSA) is 89.7 Å². The summed E-state index contributed by atoms with van der Waals surface area (Å²) < 4.78 is 6.50. The number of benzene rings is 1. The van der Waals surface area contributed by atoms with Gasteiger partial charge in [-0.25, -0.2) is 0 Å². The molecule has 0 radical (unpaired) electrons. The molecule has 152 valence electrons. The molecule has 4 rings (SSSR count). The minimum atomic E-state index is -0.579. The highest BCUT2D eigenvalue weighted by molar-refractivity contribution is 9.10. The summed E-state index contributed by atoms with van der Waals surface area (Å²) >= 11 is 3.50. The Morgan fingerprint density at radius 2 is 1.69 bits per heavy atom. The molecule has 1 aliphatic heterocycles. The minimum Gasteiger partial charge on any atom is -0.483 e. The number of nitrogens with zero attached hydrogens (tertiary/aromatic N) is 1. The van der Waals surface area contributed by atoms with Gasteiger partial charge in [-0.2, -0.15) is 0 Å². The van der Waals surface area contributed by atoms with E-state index in [0.29, 0.717) is 29.7 Å². The lowest BCUT2D eigenvalue weighted by molar-refractivity contribution is -0.120. The number of carbonyl (C=O) groups is 3. The molecule has 0 bridgehead atoms. The molecule has 1 aromatic carbocycles. The van der Waals surface area contributed by atoms with E-state index in [-0.39, 0.29) is 18.2 Å². The minimum absolute atomic E-state index is 0.0776. The zero-order chi connectivity index (χ0) is 20.7. The van der Waals surface area contributed by atoms with Gasteiger partial charge in [0.2, 0.25) is 0 Å². The summed E-state index contributed by atoms with van der Waals surface area (Å²) in [7, 11) is 1.96. The maximum absolute atomic E-state index is 13.1. The molecule has 1 heterocycles. The molecule has 29 heavy (non-hydrogen) atoms. The van der Waals surface area contributed by atoms with E-state index in [4.69, 9.17) is 10.5 Å². The first-order chi connectivity index (χ1) is 13.9. The van der Waals surface area contributed by atoms with Crippen molar-refractivity contribution in [2.45, 2.75) is 44.4 Å². The van der Waals surface area contributed by atoms with Gasteiger partial charge in [-0.05, 0) is 43.9 Å². The molecule has 0 aromatic heterocycles. The summed E-state index contributed by atoms with van der Waals surface area (Å²) in [6, 6.07) is 5.44. The third-order valence-electron chi connectivity index (χ3n) is 5.90. The van der Waals surface area contributed by atoms with E-state index < -0.39 is 11.8 Å². The number of ketones is 2. The number of amides is 1. The predicted molar refractivity (Wildman–Crippen MR) is 111 cm³/mol. The van der Waals surface area contributed by atoms with Crippen LogP contribution in [0.4, 0.5) is 0 Å². The average Bonchev–Trinajstić information content (AvgIpc) is 2.68. The molecular formula is C22H23BrN2O4. The molecule has 0 fully saturated rings. The van der Waals surface area contributed by atoms with E-state index in [1.165, 1.54) is 0 Å². The first-order valence-corrected chi connectivity index (χ1v) is 10.6. The Morgan fingerprint density at radius 1 is 1.10 bits per heavy atom. The van der Waals surface area contributed by atoms with Gasteiger partial charge in [0, 0.05) is 58.4 Å². The van der Waals surface area contributed by atoms with Crippen molar-refractivity contribution in [1.29, 1.82) is 0 Å². The Labute approximate surface area is 177 Å². The molecule has 0 saturated carbocycles. The van der Waals surface area contributed by atoms with Gasteiger partial charge >= 0.3 is 0 Å². The maximum Gasteiger partial charge on any atom is 0.255 e. The Kier molecular flexibility index (Phi) is 5.34. The van der Waals surface area contributed by atoms with Crippen LogP contribution in [-0.4, -0.2) is 36.0 Å². The second-order valence-electron chi connectivity index (χ2n) is 7.70. The van der Waals surface area contributed by atoms with Crippen molar-refractivity contribution in [2.75, 3.05) is 13.7 Å². The summed E-state index contributed by atoms with van der Waals surface area (Å²) in [6.07, 6.45) is 4.20. The molecule has 0 spiro atoms. The van der Waals surface area contributed by atoms with Gasteiger partial charge in [0.1, 0.15) is 5.75 Å². The molecule has 3 aliphatic rings. The SMILES string of the molecule is CN1C2=C(C(=O)CCC2)C(c2cc(Br)ccc2OCC(N)=O)C2=C1CCCC2=O. The van der Waals surface area contributed by atoms with E-state index in [2.05, 4.69) is 20.8 Å². The molecule has 2 N–H and O–H groups in total.